The number of aliphatic hydroxyl groups excluding tert-OH is 1. The molecule has 1 aliphatic carbocycles. The summed E-state index contributed by atoms with van der Waals surface area (Å²) in [7, 11) is 0. The van der Waals surface area contributed by atoms with E-state index in [4.69, 9.17) is 9.40 Å². The predicted molar refractivity (Wildman–Crippen MR) is 177 cm³/mol. The van der Waals surface area contributed by atoms with E-state index in [9.17, 15) is 14.3 Å². The molecule has 1 N–H and O–H groups in total. The molecule has 2 unspecified atom stereocenters. The summed E-state index contributed by atoms with van der Waals surface area (Å²) in [6.45, 7) is 12.0. The van der Waals surface area contributed by atoms with Gasteiger partial charge in [0.25, 0.3) is 0 Å². The molecule has 5 nitrogen and oxygen atoms in total. The molecule has 0 aliphatic heterocycles. The summed E-state index contributed by atoms with van der Waals surface area (Å²) < 4.78 is 19.9. The molecule has 1 fully saturated rings. The average molecular weight is 786 g/mol. The van der Waals surface area contributed by atoms with Crippen molar-refractivity contribution >= 4 is 38.6 Å². The van der Waals surface area contributed by atoms with Gasteiger partial charge in [-0.2, -0.15) is 0 Å². The summed E-state index contributed by atoms with van der Waals surface area (Å²) in [4.78, 5) is 20.5. The van der Waals surface area contributed by atoms with Gasteiger partial charge in [0, 0.05) is 56.3 Å². The van der Waals surface area contributed by atoms with Crippen LogP contribution in [0.25, 0.3) is 44.1 Å². The van der Waals surface area contributed by atoms with E-state index in [1.54, 1.807) is 0 Å². The number of nitrogens with zero attached hydrogens (tertiary/aromatic N) is 2. The maximum atomic E-state index is 13.7. The molecule has 1 saturated carbocycles. The van der Waals surface area contributed by atoms with Crippen molar-refractivity contribution in [3.05, 3.63) is 83.4 Å². The van der Waals surface area contributed by atoms with Crippen LogP contribution in [0.5, 0.6) is 0 Å². The van der Waals surface area contributed by atoms with Crippen LogP contribution in [0.4, 0.5) is 4.39 Å². The SMILES string of the molecule is CC(C)CC(=O)/C=C(\O)CC(C)C.Cc1[c-]c(-c2nccc3cc(C4CCC(F)C4)ccc23)c2oc3nc(C)ccc3c2c1.[Ir]. The van der Waals surface area contributed by atoms with Gasteiger partial charge in [-0.15, -0.1) is 17.7 Å². The number of furan rings is 1. The quantitative estimate of drug-likeness (QED) is 0.101. The monoisotopic (exact) mass is 786 g/mol. The van der Waals surface area contributed by atoms with Gasteiger partial charge in [-0.25, -0.2) is 9.37 Å². The Morgan fingerprint density at radius 2 is 1.76 bits per heavy atom. The Morgan fingerprint density at radius 3 is 2.44 bits per heavy atom. The van der Waals surface area contributed by atoms with Gasteiger partial charge in [0.2, 0.25) is 5.71 Å². The standard InChI is InChI=1S/C27H22FN2O.C11H20O2.Ir/c1-15-11-23-22-7-3-16(2)30-27(22)31-26(23)24(12-15)25-21-8-5-17(13-19(21)9-10-29-25)18-4-6-20(28)14-18;1-8(2)5-10(12)7-11(13)6-9(3)4;/h3,5,7-11,13,18,20H,4,6,14H2,1-2H3;7-9,12H,5-6H2,1-4H3;/q-1;;/b;10-7-;. The number of alkyl halides is 1. The third-order valence-corrected chi connectivity index (χ3v) is 8.06. The number of hydrogen-bond acceptors (Lipinski definition) is 5. The maximum Gasteiger partial charge on any atom is 0.216 e. The molecule has 5 aromatic rings. The zero-order valence-corrected chi connectivity index (χ0v) is 29.3. The number of benzene rings is 2. The van der Waals surface area contributed by atoms with Crippen molar-refractivity contribution in [1.82, 2.24) is 9.97 Å². The maximum absolute atomic E-state index is 13.7. The van der Waals surface area contributed by atoms with Gasteiger partial charge in [-0.3, -0.25) is 4.79 Å². The smallest absolute Gasteiger partial charge is 0.216 e. The zero-order chi connectivity index (χ0) is 31.5. The number of pyridine rings is 2. The van der Waals surface area contributed by atoms with Crippen molar-refractivity contribution < 1.29 is 38.8 Å². The number of carbonyl (C=O) groups is 1. The largest absolute Gasteiger partial charge is 0.512 e. The Balaban J connectivity index is 0.000000283. The summed E-state index contributed by atoms with van der Waals surface area (Å²) in [5.74, 6) is 1.28. The third kappa shape index (κ3) is 8.25. The van der Waals surface area contributed by atoms with Gasteiger partial charge in [-0.1, -0.05) is 63.8 Å². The first-order valence-electron chi connectivity index (χ1n) is 15.7. The molecule has 1 radical (unpaired) electrons. The van der Waals surface area contributed by atoms with Crippen LogP contribution in [0.3, 0.4) is 0 Å². The Hall–Kier alpha value is -3.41. The number of ketones is 1. The van der Waals surface area contributed by atoms with E-state index in [1.807, 2.05) is 59.9 Å². The molecule has 239 valence electrons. The van der Waals surface area contributed by atoms with E-state index in [0.29, 0.717) is 49.2 Å². The van der Waals surface area contributed by atoms with E-state index in [2.05, 4.69) is 41.4 Å². The van der Waals surface area contributed by atoms with Crippen molar-refractivity contribution in [2.75, 3.05) is 0 Å². The minimum atomic E-state index is -0.672. The van der Waals surface area contributed by atoms with Crippen molar-refractivity contribution in [2.45, 2.75) is 85.7 Å². The minimum Gasteiger partial charge on any atom is -0.512 e. The second kappa shape index (κ2) is 14.8. The van der Waals surface area contributed by atoms with E-state index in [0.717, 1.165) is 56.1 Å². The van der Waals surface area contributed by atoms with E-state index < -0.39 is 6.17 Å². The number of rotatable bonds is 7. The number of aromatic nitrogens is 2. The molecule has 0 spiro atoms. The molecule has 0 amide bonds. The Morgan fingerprint density at radius 1 is 1.02 bits per heavy atom. The molecule has 2 atom stereocenters. The first kappa shape index (κ1) is 34.5. The van der Waals surface area contributed by atoms with Crippen LogP contribution >= 0.6 is 0 Å². The molecule has 7 heteroatoms. The van der Waals surface area contributed by atoms with Crippen LogP contribution in [0.2, 0.25) is 0 Å². The fourth-order valence-electron chi connectivity index (χ4n) is 6.09. The molecular weight excluding hydrogens is 744 g/mol. The molecular formula is C38H42FIrN2O3-. The number of carbonyl (C=O) groups excluding carboxylic acids is 1. The molecule has 3 heterocycles. The molecule has 1 aliphatic rings. The summed E-state index contributed by atoms with van der Waals surface area (Å²) in [5.41, 5.74) is 6.27. The zero-order valence-electron chi connectivity index (χ0n) is 26.9. The number of allylic oxidation sites excluding steroid dienone is 2. The van der Waals surface area contributed by atoms with E-state index in [1.165, 1.54) is 11.6 Å². The fourth-order valence-corrected chi connectivity index (χ4v) is 6.09. The number of aryl methyl sites for hydroxylation is 2. The Bertz CT molecular complexity index is 1840. The fraction of sp³-hybridized carbons (Fsp3) is 0.395. The number of aliphatic hydroxyl groups is 1. The topological polar surface area (TPSA) is 76.2 Å². The number of hydrogen-bond donors (Lipinski definition) is 1. The van der Waals surface area contributed by atoms with E-state index >= 15 is 0 Å². The predicted octanol–water partition coefficient (Wildman–Crippen LogP) is 10.3. The number of fused-ring (bicyclic) bond motifs is 4. The molecule has 45 heavy (non-hydrogen) atoms. The van der Waals surface area contributed by atoms with Gasteiger partial charge in [0.15, 0.2) is 5.78 Å². The second-order valence-corrected chi connectivity index (χ2v) is 13.0. The van der Waals surface area contributed by atoms with Gasteiger partial charge in [0.05, 0.1) is 11.3 Å². The van der Waals surface area contributed by atoms with Crippen LogP contribution in [-0.4, -0.2) is 27.0 Å². The van der Waals surface area contributed by atoms with Crippen LogP contribution in [0, 0.1) is 31.7 Å². The van der Waals surface area contributed by atoms with Gasteiger partial charge < -0.3 is 14.5 Å². The van der Waals surface area contributed by atoms with Gasteiger partial charge >= 0.3 is 0 Å². The molecule has 3 aromatic heterocycles. The molecule has 2 aromatic carbocycles. The van der Waals surface area contributed by atoms with Crippen molar-refractivity contribution in [3.63, 3.8) is 0 Å². The average Bonchev–Trinajstić information content (AvgIpc) is 3.54. The van der Waals surface area contributed by atoms with Crippen LogP contribution < -0.4 is 0 Å². The Labute approximate surface area is 278 Å². The second-order valence-electron chi connectivity index (χ2n) is 13.0. The van der Waals surface area contributed by atoms with Crippen LogP contribution in [0.1, 0.15) is 82.5 Å². The summed E-state index contributed by atoms with van der Waals surface area (Å²) in [6, 6.07) is 18.1. The van der Waals surface area contributed by atoms with Crippen molar-refractivity contribution in [3.8, 4) is 11.3 Å². The van der Waals surface area contributed by atoms with Crippen molar-refractivity contribution in [2.24, 2.45) is 11.8 Å². The van der Waals surface area contributed by atoms with Crippen molar-refractivity contribution in [1.29, 1.82) is 0 Å². The third-order valence-electron chi connectivity index (χ3n) is 8.06. The molecule has 0 saturated heterocycles. The summed E-state index contributed by atoms with van der Waals surface area (Å²) in [5, 5.41) is 13.5. The van der Waals surface area contributed by atoms with Crippen LogP contribution in [0.15, 0.2) is 64.9 Å². The minimum absolute atomic E-state index is 0. The Kier molecular flexibility index (Phi) is 11.3. The first-order valence-corrected chi connectivity index (χ1v) is 15.7. The van der Waals surface area contributed by atoms with Gasteiger partial charge in [-0.05, 0) is 84.2 Å². The normalized spacial score (nSPS) is 16.8. The molecule has 0 bridgehead atoms. The van der Waals surface area contributed by atoms with Gasteiger partial charge in [0.1, 0.15) is 6.17 Å². The van der Waals surface area contributed by atoms with E-state index in [-0.39, 0.29) is 31.6 Å². The number of halogens is 1. The summed E-state index contributed by atoms with van der Waals surface area (Å²) in [6.07, 6.45) is 5.84. The summed E-state index contributed by atoms with van der Waals surface area (Å²) >= 11 is 0. The first-order chi connectivity index (χ1) is 21.0. The molecule has 6 rings (SSSR count). The van der Waals surface area contributed by atoms with Crippen LogP contribution in [-0.2, 0) is 24.9 Å².